The van der Waals surface area contributed by atoms with Gasteiger partial charge in [-0.2, -0.15) is 4.98 Å². The van der Waals surface area contributed by atoms with Crippen LogP contribution in [-0.2, 0) is 4.74 Å². The Kier molecular flexibility index (Phi) is 5.57. The zero-order valence-corrected chi connectivity index (χ0v) is 17.0. The van der Waals surface area contributed by atoms with Crippen molar-refractivity contribution in [3.05, 3.63) is 30.4 Å². The van der Waals surface area contributed by atoms with Gasteiger partial charge in [0.1, 0.15) is 17.5 Å². The summed E-state index contributed by atoms with van der Waals surface area (Å²) in [6.45, 7) is 9.33. The first-order valence-electron chi connectivity index (χ1n) is 10.1. The summed E-state index contributed by atoms with van der Waals surface area (Å²) >= 11 is 0. The highest BCUT2D eigenvalue weighted by Gasteiger charge is 2.28. The van der Waals surface area contributed by atoms with Crippen molar-refractivity contribution in [3.8, 4) is 0 Å². The van der Waals surface area contributed by atoms with Crippen LogP contribution in [0.1, 0.15) is 32.0 Å². The van der Waals surface area contributed by atoms with E-state index in [0.717, 1.165) is 69.2 Å². The molecular formula is C20H29N7O. The number of anilines is 3. The van der Waals surface area contributed by atoms with E-state index in [2.05, 4.69) is 45.6 Å². The van der Waals surface area contributed by atoms with Crippen molar-refractivity contribution in [2.45, 2.75) is 32.2 Å². The van der Waals surface area contributed by atoms with Crippen LogP contribution in [0.2, 0.25) is 0 Å². The maximum absolute atomic E-state index is 5.43. The maximum atomic E-state index is 5.43. The molecule has 0 spiro atoms. The maximum Gasteiger partial charge on any atom is 0.227 e. The molecule has 28 heavy (non-hydrogen) atoms. The van der Waals surface area contributed by atoms with Crippen LogP contribution in [0, 0.1) is 0 Å². The van der Waals surface area contributed by atoms with Crippen molar-refractivity contribution in [2.24, 2.45) is 0 Å². The molecule has 0 radical (unpaired) electrons. The summed E-state index contributed by atoms with van der Waals surface area (Å²) in [7, 11) is 2.12. The largest absolute Gasteiger partial charge is 0.378 e. The van der Waals surface area contributed by atoms with Crippen LogP contribution in [0.4, 0.5) is 17.6 Å². The molecule has 1 unspecified atom stereocenters. The minimum Gasteiger partial charge on any atom is -0.378 e. The van der Waals surface area contributed by atoms with Crippen LogP contribution in [0.15, 0.2) is 24.5 Å². The smallest absolute Gasteiger partial charge is 0.227 e. The van der Waals surface area contributed by atoms with Gasteiger partial charge >= 0.3 is 0 Å². The standard InChI is InChI=1S/C20H29N7O/c1-15(2)19-21-7-5-18(23-19)27-9-6-16(14-27)25(3)17-4-8-22-20(24-17)26-10-12-28-13-11-26/h4-5,7-8,15-16H,6,9-14H2,1-3H3. The van der Waals surface area contributed by atoms with Crippen LogP contribution < -0.4 is 14.7 Å². The summed E-state index contributed by atoms with van der Waals surface area (Å²) in [6, 6.07) is 4.40. The predicted molar refractivity (Wildman–Crippen MR) is 110 cm³/mol. The molecular weight excluding hydrogens is 354 g/mol. The van der Waals surface area contributed by atoms with E-state index in [1.165, 1.54) is 0 Å². The Labute approximate surface area is 166 Å². The van der Waals surface area contributed by atoms with E-state index in [-0.39, 0.29) is 0 Å². The van der Waals surface area contributed by atoms with E-state index in [9.17, 15) is 0 Å². The fraction of sp³-hybridized carbons (Fsp3) is 0.600. The van der Waals surface area contributed by atoms with Gasteiger partial charge < -0.3 is 19.4 Å². The van der Waals surface area contributed by atoms with E-state index >= 15 is 0 Å². The molecule has 0 saturated carbocycles. The molecule has 2 aliphatic heterocycles. The van der Waals surface area contributed by atoms with Gasteiger partial charge in [-0.15, -0.1) is 0 Å². The highest BCUT2D eigenvalue weighted by atomic mass is 16.5. The van der Waals surface area contributed by atoms with Crippen molar-refractivity contribution in [1.29, 1.82) is 0 Å². The van der Waals surface area contributed by atoms with Crippen LogP contribution in [0.3, 0.4) is 0 Å². The van der Waals surface area contributed by atoms with Gasteiger partial charge in [0.05, 0.1) is 13.2 Å². The molecule has 0 N–H and O–H groups in total. The van der Waals surface area contributed by atoms with Crippen molar-refractivity contribution < 1.29 is 4.74 Å². The molecule has 8 nitrogen and oxygen atoms in total. The molecule has 1 atom stereocenters. The van der Waals surface area contributed by atoms with Gasteiger partial charge in [0.2, 0.25) is 5.95 Å². The number of aromatic nitrogens is 4. The SMILES string of the molecule is CC(C)c1nccc(N2CCC(N(C)c3ccnc(N4CCOCC4)n3)C2)n1. The van der Waals surface area contributed by atoms with Crippen LogP contribution in [-0.4, -0.2) is 72.4 Å². The average molecular weight is 384 g/mol. The van der Waals surface area contributed by atoms with Crippen LogP contribution in [0.25, 0.3) is 0 Å². The minimum atomic E-state index is 0.334. The summed E-state index contributed by atoms with van der Waals surface area (Å²) in [5, 5.41) is 0. The van der Waals surface area contributed by atoms with Gasteiger partial charge in [-0.25, -0.2) is 15.0 Å². The molecule has 0 bridgehead atoms. The number of rotatable bonds is 5. The Balaban J connectivity index is 1.45. The number of hydrogen-bond acceptors (Lipinski definition) is 8. The summed E-state index contributed by atoms with van der Waals surface area (Å²) in [4.78, 5) is 25.2. The second-order valence-corrected chi connectivity index (χ2v) is 7.74. The van der Waals surface area contributed by atoms with Gasteiger partial charge in [-0.1, -0.05) is 13.8 Å². The lowest BCUT2D eigenvalue weighted by Crippen LogP contribution is -2.38. The minimum absolute atomic E-state index is 0.334. The summed E-state index contributed by atoms with van der Waals surface area (Å²) in [5.41, 5.74) is 0. The summed E-state index contributed by atoms with van der Waals surface area (Å²) in [5.74, 6) is 4.01. The third-order valence-corrected chi connectivity index (χ3v) is 5.49. The Morgan fingerprint density at radius 1 is 1.04 bits per heavy atom. The molecule has 2 aromatic rings. The van der Waals surface area contributed by atoms with E-state index in [1.807, 2.05) is 24.5 Å². The average Bonchev–Trinajstić information content (AvgIpc) is 3.24. The molecule has 8 heteroatoms. The molecule has 2 aromatic heterocycles. The molecule has 2 aliphatic rings. The highest BCUT2D eigenvalue weighted by molar-refractivity contribution is 5.47. The van der Waals surface area contributed by atoms with E-state index in [4.69, 9.17) is 14.7 Å². The number of hydrogen-bond donors (Lipinski definition) is 0. The van der Waals surface area contributed by atoms with Crippen LogP contribution >= 0.6 is 0 Å². The van der Waals surface area contributed by atoms with Crippen molar-refractivity contribution in [1.82, 2.24) is 19.9 Å². The van der Waals surface area contributed by atoms with Crippen molar-refractivity contribution >= 4 is 17.6 Å². The molecule has 0 amide bonds. The number of morpholine rings is 1. The first-order chi connectivity index (χ1) is 13.6. The van der Waals surface area contributed by atoms with E-state index < -0.39 is 0 Å². The second-order valence-electron chi connectivity index (χ2n) is 7.74. The van der Waals surface area contributed by atoms with Gasteiger partial charge in [-0.05, 0) is 18.6 Å². The van der Waals surface area contributed by atoms with Gasteiger partial charge in [0, 0.05) is 57.6 Å². The Hall–Kier alpha value is -2.48. The quantitative estimate of drug-likeness (QED) is 0.776. The fourth-order valence-corrected chi connectivity index (χ4v) is 3.72. The predicted octanol–water partition coefficient (Wildman–Crippen LogP) is 1.94. The second kappa shape index (κ2) is 8.26. The normalized spacial score (nSPS) is 20.1. The molecule has 2 saturated heterocycles. The third kappa shape index (κ3) is 4.01. The number of nitrogens with zero attached hydrogens (tertiary/aromatic N) is 7. The zero-order valence-electron chi connectivity index (χ0n) is 17.0. The van der Waals surface area contributed by atoms with Crippen molar-refractivity contribution in [2.75, 3.05) is 61.1 Å². The molecule has 4 heterocycles. The van der Waals surface area contributed by atoms with Crippen LogP contribution in [0.5, 0.6) is 0 Å². The monoisotopic (exact) mass is 383 g/mol. The zero-order chi connectivity index (χ0) is 19.5. The molecule has 0 aromatic carbocycles. The topological polar surface area (TPSA) is 70.5 Å². The Morgan fingerprint density at radius 2 is 1.82 bits per heavy atom. The molecule has 0 aliphatic carbocycles. The molecule has 150 valence electrons. The molecule has 2 fully saturated rings. The van der Waals surface area contributed by atoms with Gasteiger partial charge in [-0.3, -0.25) is 0 Å². The third-order valence-electron chi connectivity index (χ3n) is 5.49. The lowest BCUT2D eigenvalue weighted by Gasteiger charge is -2.29. The Bertz CT molecular complexity index is 794. The number of ether oxygens (including phenoxy) is 1. The van der Waals surface area contributed by atoms with E-state index in [0.29, 0.717) is 12.0 Å². The number of likely N-dealkylation sites (N-methyl/N-ethyl adjacent to an activating group) is 1. The summed E-state index contributed by atoms with van der Waals surface area (Å²) in [6.07, 6.45) is 4.80. The highest BCUT2D eigenvalue weighted by Crippen LogP contribution is 2.25. The fourth-order valence-electron chi connectivity index (χ4n) is 3.72. The van der Waals surface area contributed by atoms with Gasteiger partial charge in [0.25, 0.3) is 0 Å². The summed E-state index contributed by atoms with van der Waals surface area (Å²) < 4.78 is 5.43. The first kappa shape index (κ1) is 18.9. The van der Waals surface area contributed by atoms with Crippen molar-refractivity contribution in [3.63, 3.8) is 0 Å². The first-order valence-corrected chi connectivity index (χ1v) is 10.1. The van der Waals surface area contributed by atoms with Gasteiger partial charge in [0.15, 0.2) is 0 Å². The lowest BCUT2D eigenvalue weighted by molar-refractivity contribution is 0.122. The van der Waals surface area contributed by atoms with E-state index in [1.54, 1.807) is 0 Å². The Morgan fingerprint density at radius 3 is 2.61 bits per heavy atom. The molecule has 4 rings (SSSR count). The lowest BCUT2D eigenvalue weighted by atomic mass is 10.2.